The smallest absolute Gasteiger partial charge is 0.253 e. The van der Waals surface area contributed by atoms with Crippen LogP contribution in [0.1, 0.15) is 15.9 Å². The first-order chi connectivity index (χ1) is 9.13. The summed E-state index contributed by atoms with van der Waals surface area (Å²) in [5, 5.41) is 8.84. The number of nitrogens with two attached hydrogens (primary N) is 1. The fourth-order valence-electron chi connectivity index (χ4n) is 1.56. The van der Waals surface area contributed by atoms with E-state index in [9.17, 15) is 4.79 Å². The Morgan fingerprint density at radius 3 is 2.84 bits per heavy atom. The number of hydrogen-bond donors (Lipinski definition) is 2. The summed E-state index contributed by atoms with van der Waals surface area (Å²) in [5.74, 6) is 6.03. The van der Waals surface area contributed by atoms with Crippen LogP contribution in [0.2, 0.25) is 0 Å². The van der Waals surface area contributed by atoms with Gasteiger partial charge in [-0.05, 0) is 18.2 Å². The van der Waals surface area contributed by atoms with E-state index in [-0.39, 0.29) is 25.6 Å². The first-order valence-electron chi connectivity index (χ1n) is 5.87. The Bertz CT molecular complexity index is 503. The van der Waals surface area contributed by atoms with Gasteiger partial charge in [-0.2, -0.15) is 0 Å². The second-order valence-electron chi connectivity index (χ2n) is 3.87. The van der Waals surface area contributed by atoms with Crippen molar-refractivity contribution in [1.29, 1.82) is 0 Å². The molecule has 1 amide bonds. The highest BCUT2D eigenvalue weighted by Gasteiger charge is 2.13. The molecule has 0 fully saturated rings. The zero-order chi connectivity index (χ0) is 14.3. The van der Waals surface area contributed by atoms with Crippen LogP contribution in [-0.4, -0.2) is 49.8 Å². The van der Waals surface area contributed by atoms with Gasteiger partial charge in [-0.1, -0.05) is 11.8 Å². The molecule has 0 heterocycles. The van der Waals surface area contributed by atoms with Crippen molar-refractivity contribution in [1.82, 2.24) is 4.90 Å². The second kappa shape index (κ2) is 7.41. The number of aliphatic hydroxyl groups is 1. The molecule has 0 unspecified atom stereocenters. The van der Waals surface area contributed by atoms with Gasteiger partial charge in [0.05, 0.1) is 25.8 Å². The maximum atomic E-state index is 12.1. The summed E-state index contributed by atoms with van der Waals surface area (Å²) < 4.78 is 5.18. The van der Waals surface area contributed by atoms with Gasteiger partial charge in [-0.3, -0.25) is 4.79 Å². The fourth-order valence-corrected chi connectivity index (χ4v) is 1.56. The summed E-state index contributed by atoms with van der Waals surface area (Å²) in [4.78, 5) is 13.5. The van der Waals surface area contributed by atoms with Crippen molar-refractivity contribution in [3.63, 3.8) is 0 Å². The summed E-state index contributed by atoms with van der Waals surface area (Å²) in [5.41, 5.74) is 6.46. The standard InChI is InChI=1S/C14H18N2O3/c1-16(8-9-17)14(18)12-5-6-13(19-2)11(10-12)4-3-7-15/h5-6,10,17H,7-9,15H2,1-2H3. The molecule has 0 saturated carbocycles. The maximum Gasteiger partial charge on any atom is 0.253 e. The first-order valence-corrected chi connectivity index (χ1v) is 5.87. The van der Waals surface area contributed by atoms with Gasteiger partial charge in [-0.25, -0.2) is 0 Å². The highest BCUT2D eigenvalue weighted by atomic mass is 16.5. The van der Waals surface area contributed by atoms with Crippen LogP contribution in [0, 0.1) is 11.8 Å². The Kier molecular flexibility index (Phi) is 5.86. The van der Waals surface area contributed by atoms with Crippen molar-refractivity contribution in [2.75, 3.05) is 33.9 Å². The van der Waals surface area contributed by atoms with Crippen molar-refractivity contribution in [3.05, 3.63) is 29.3 Å². The number of carbonyl (C=O) groups excluding carboxylic acids is 1. The molecular weight excluding hydrogens is 244 g/mol. The van der Waals surface area contributed by atoms with E-state index in [1.54, 1.807) is 32.4 Å². The molecular formula is C14H18N2O3. The van der Waals surface area contributed by atoms with Crippen LogP contribution in [0.5, 0.6) is 5.75 Å². The summed E-state index contributed by atoms with van der Waals surface area (Å²) in [6, 6.07) is 5.03. The lowest BCUT2D eigenvalue weighted by atomic mass is 10.1. The second-order valence-corrected chi connectivity index (χ2v) is 3.87. The normalized spacial score (nSPS) is 9.47. The molecule has 0 saturated heterocycles. The molecule has 3 N–H and O–H groups in total. The van der Waals surface area contributed by atoms with Crippen molar-refractivity contribution in [2.24, 2.45) is 5.73 Å². The van der Waals surface area contributed by atoms with Crippen LogP contribution >= 0.6 is 0 Å². The highest BCUT2D eigenvalue weighted by molar-refractivity contribution is 5.94. The van der Waals surface area contributed by atoms with Crippen LogP contribution in [0.15, 0.2) is 18.2 Å². The molecule has 0 aliphatic carbocycles. The van der Waals surface area contributed by atoms with Crippen LogP contribution < -0.4 is 10.5 Å². The number of benzene rings is 1. The maximum absolute atomic E-state index is 12.1. The molecule has 1 rings (SSSR count). The lowest BCUT2D eigenvalue weighted by molar-refractivity contribution is 0.0767. The molecule has 1 aromatic rings. The van der Waals surface area contributed by atoms with Crippen LogP contribution in [0.3, 0.4) is 0 Å². The average molecular weight is 262 g/mol. The Morgan fingerprint density at radius 2 is 2.26 bits per heavy atom. The third-order valence-corrected chi connectivity index (χ3v) is 2.55. The highest BCUT2D eigenvalue weighted by Crippen LogP contribution is 2.19. The van der Waals surface area contributed by atoms with Crippen molar-refractivity contribution in [3.8, 4) is 17.6 Å². The van der Waals surface area contributed by atoms with E-state index in [0.717, 1.165) is 0 Å². The molecule has 5 nitrogen and oxygen atoms in total. The molecule has 0 aliphatic rings. The molecule has 0 aromatic heterocycles. The number of methoxy groups -OCH3 is 1. The van der Waals surface area contributed by atoms with Crippen molar-refractivity contribution < 1.29 is 14.6 Å². The Hall–Kier alpha value is -2.03. The lowest BCUT2D eigenvalue weighted by Gasteiger charge is -2.16. The number of carbonyl (C=O) groups is 1. The molecule has 5 heteroatoms. The van der Waals surface area contributed by atoms with E-state index >= 15 is 0 Å². The number of hydrogen-bond acceptors (Lipinski definition) is 4. The van der Waals surface area contributed by atoms with E-state index in [0.29, 0.717) is 16.9 Å². The minimum absolute atomic E-state index is 0.0712. The van der Waals surface area contributed by atoms with Crippen LogP contribution in [0.25, 0.3) is 0 Å². The number of aliphatic hydroxyl groups excluding tert-OH is 1. The molecule has 0 aliphatic heterocycles. The third-order valence-electron chi connectivity index (χ3n) is 2.55. The molecule has 102 valence electrons. The number of nitrogens with zero attached hydrogens (tertiary/aromatic N) is 1. The van der Waals surface area contributed by atoms with Gasteiger partial charge in [0.25, 0.3) is 5.91 Å². The first kappa shape index (κ1) is 15.0. The predicted octanol–water partition coefficient (Wildman–Crippen LogP) is 0.0697. The number of rotatable bonds is 4. The summed E-state index contributed by atoms with van der Waals surface area (Å²) in [6.07, 6.45) is 0. The predicted molar refractivity (Wildman–Crippen MR) is 73.0 cm³/mol. The molecule has 19 heavy (non-hydrogen) atoms. The zero-order valence-electron chi connectivity index (χ0n) is 11.1. The van der Waals surface area contributed by atoms with Gasteiger partial charge >= 0.3 is 0 Å². The number of ether oxygens (including phenoxy) is 1. The Morgan fingerprint density at radius 1 is 1.53 bits per heavy atom. The Labute approximate surface area is 113 Å². The fraction of sp³-hybridized carbons (Fsp3) is 0.357. The van der Waals surface area contributed by atoms with E-state index in [2.05, 4.69) is 11.8 Å². The van der Waals surface area contributed by atoms with E-state index in [1.165, 1.54) is 4.90 Å². The Balaban J connectivity index is 3.07. The molecule has 0 atom stereocenters. The van der Waals surface area contributed by atoms with Crippen molar-refractivity contribution >= 4 is 5.91 Å². The summed E-state index contributed by atoms with van der Waals surface area (Å²) in [6.45, 7) is 0.457. The lowest BCUT2D eigenvalue weighted by Crippen LogP contribution is -2.29. The van der Waals surface area contributed by atoms with E-state index < -0.39 is 0 Å². The number of likely N-dealkylation sites (N-methyl/N-ethyl adjacent to an activating group) is 1. The van der Waals surface area contributed by atoms with Gasteiger partial charge < -0.3 is 20.5 Å². The minimum Gasteiger partial charge on any atom is -0.495 e. The largest absolute Gasteiger partial charge is 0.495 e. The number of amides is 1. The van der Waals surface area contributed by atoms with Gasteiger partial charge in [0.1, 0.15) is 5.75 Å². The van der Waals surface area contributed by atoms with Gasteiger partial charge in [-0.15, -0.1) is 0 Å². The van der Waals surface area contributed by atoms with Gasteiger partial charge in [0.2, 0.25) is 0 Å². The van der Waals surface area contributed by atoms with Gasteiger partial charge in [0.15, 0.2) is 0 Å². The average Bonchev–Trinajstić information content (AvgIpc) is 2.44. The zero-order valence-corrected chi connectivity index (χ0v) is 11.1. The molecule has 0 spiro atoms. The van der Waals surface area contributed by atoms with E-state index in [1.807, 2.05) is 0 Å². The van der Waals surface area contributed by atoms with Crippen LogP contribution in [0.4, 0.5) is 0 Å². The monoisotopic (exact) mass is 262 g/mol. The van der Waals surface area contributed by atoms with Gasteiger partial charge in [0, 0.05) is 19.2 Å². The molecule has 0 bridgehead atoms. The van der Waals surface area contributed by atoms with Crippen LogP contribution in [-0.2, 0) is 0 Å². The summed E-state index contributed by atoms with van der Waals surface area (Å²) >= 11 is 0. The topological polar surface area (TPSA) is 75.8 Å². The minimum atomic E-state index is -0.174. The third kappa shape index (κ3) is 3.98. The quantitative estimate of drug-likeness (QED) is 0.753. The summed E-state index contributed by atoms with van der Waals surface area (Å²) in [7, 11) is 3.18. The van der Waals surface area contributed by atoms with E-state index in [4.69, 9.17) is 15.6 Å². The molecule has 0 radical (unpaired) electrons. The SMILES string of the molecule is COc1ccc(C(=O)N(C)CCO)cc1C#CCN. The van der Waals surface area contributed by atoms with Crippen molar-refractivity contribution in [2.45, 2.75) is 0 Å². The molecule has 1 aromatic carbocycles.